The number of hydrogen-bond acceptors (Lipinski definition) is 3. The first-order valence-electron chi connectivity index (χ1n) is 9.88. The molecule has 0 radical (unpaired) electrons. The van der Waals surface area contributed by atoms with E-state index in [1.807, 2.05) is 37.4 Å². The molecule has 27 heavy (non-hydrogen) atoms. The van der Waals surface area contributed by atoms with Gasteiger partial charge in [-0.15, -0.1) is 0 Å². The quantitative estimate of drug-likeness (QED) is 0.540. The van der Waals surface area contributed by atoms with Crippen molar-refractivity contribution in [1.29, 1.82) is 0 Å². The summed E-state index contributed by atoms with van der Waals surface area (Å²) in [5.41, 5.74) is 3.35. The second kappa shape index (κ2) is 8.10. The summed E-state index contributed by atoms with van der Waals surface area (Å²) in [4.78, 5) is 4.68. The Bertz CT molecular complexity index is 900. The molecule has 3 heteroatoms. The number of pyridine rings is 1. The van der Waals surface area contributed by atoms with Crippen LogP contribution in [0.5, 0.6) is 5.75 Å². The van der Waals surface area contributed by atoms with Crippen LogP contribution >= 0.6 is 0 Å². The van der Waals surface area contributed by atoms with E-state index in [0.717, 1.165) is 35.2 Å². The number of methoxy groups -OCH3 is 1. The van der Waals surface area contributed by atoms with Crippen LogP contribution in [0, 0.1) is 0 Å². The molecular weight excluding hydrogens is 334 g/mol. The minimum absolute atomic E-state index is 0.0892. The Morgan fingerprint density at radius 1 is 0.963 bits per heavy atom. The lowest BCUT2D eigenvalue weighted by Gasteiger charge is -2.27. The van der Waals surface area contributed by atoms with E-state index in [2.05, 4.69) is 35.3 Å². The van der Waals surface area contributed by atoms with Gasteiger partial charge in [-0.25, -0.2) is 4.98 Å². The molecule has 1 saturated carbocycles. The van der Waals surface area contributed by atoms with Crippen molar-refractivity contribution in [1.82, 2.24) is 4.98 Å². The van der Waals surface area contributed by atoms with E-state index < -0.39 is 0 Å². The molecule has 1 aliphatic carbocycles. The Labute approximate surface area is 161 Å². The lowest BCUT2D eigenvalue weighted by Crippen LogP contribution is -2.27. The van der Waals surface area contributed by atoms with Gasteiger partial charge in [-0.05, 0) is 55.5 Å². The van der Waals surface area contributed by atoms with Crippen molar-refractivity contribution >= 4 is 10.9 Å². The van der Waals surface area contributed by atoms with E-state index >= 15 is 0 Å². The zero-order chi connectivity index (χ0) is 18.5. The molecule has 0 spiro atoms. The van der Waals surface area contributed by atoms with Crippen LogP contribution < -0.4 is 4.74 Å². The van der Waals surface area contributed by atoms with Crippen LogP contribution in [0.15, 0.2) is 60.7 Å². The van der Waals surface area contributed by atoms with Crippen molar-refractivity contribution in [2.24, 2.45) is 0 Å². The van der Waals surface area contributed by atoms with Gasteiger partial charge in [0.15, 0.2) is 0 Å². The SMILES string of the molecule is COC1(CCc2cccc(OCc3ccc4ccccc4n3)c2)CCCC1. The summed E-state index contributed by atoms with van der Waals surface area (Å²) in [7, 11) is 1.86. The average Bonchev–Trinajstić information content (AvgIpc) is 3.20. The van der Waals surface area contributed by atoms with E-state index in [1.54, 1.807) is 0 Å². The molecule has 4 rings (SSSR count). The van der Waals surface area contributed by atoms with E-state index in [9.17, 15) is 0 Å². The highest BCUT2D eigenvalue weighted by atomic mass is 16.5. The third-order valence-corrected chi connectivity index (χ3v) is 5.76. The molecule has 0 bridgehead atoms. The topological polar surface area (TPSA) is 31.4 Å². The maximum atomic E-state index is 6.01. The number of benzene rings is 2. The molecule has 1 fully saturated rings. The minimum atomic E-state index is 0.0892. The first-order chi connectivity index (χ1) is 13.3. The van der Waals surface area contributed by atoms with Gasteiger partial charge < -0.3 is 9.47 Å². The lowest BCUT2D eigenvalue weighted by atomic mass is 9.93. The molecule has 140 valence electrons. The molecule has 0 unspecified atom stereocenters. The fourth-order valence-electron chi connectivity index (χ4n) is 4.08. The van der Waals surface area contributed by atoms with Crippen molar-refractivity contribution in [3.8, 4) is 5.75 Å². The van der Waals surface area contributed by atoms with Gasteiger partial charge in [0.2, 0.25) is 0 Å². The zero-order valence-corrected chi connectivity index (χ0v) is 16.0. The van der Waals surface area contributed by atoms with Crippen molar-refractivity contribution in [3.05, 3.63) is 71.9 Å². The molecule has 3 aromatic rings. The predicted octanol–water partition coefficient (Wildman–Crippen LogP) is 5.71. The Hall–Kier alpha value is -2.39. The van der Waals surface area contributed by atoms with Gasteiger partial charge in [0.25, 0.3) is 0 Å². The van der Waals surface area contributed by atoms with Crippen LogP contribution in [-0.2, 0) is 17.8 Å². The van der Waals surface area contributed by atoms with Gasteiger partial charge in [0.1, 0.15) is 12.4 Å². The number of nitrogens with zero attached hydrogens (tertiary/aromatic N) is 1. The number of rotatable bonds is 7. The van der Waals surface area contributed by atoms with Crippen LogP contribution in [0.1, 0.15) is 43.4 Å². The second-order valence-electron chi connectivity index (χ2n) is 7.53. The number of fused-ring (bicyclic) bond motifs is 1. The summed E-state index contributed by atoms with van der Waals surface area (Å²) >= 11 is 0. The highest BCUT2D eigenvalue weighted by Crippen LogP contribution is 2.36. The number of aromatic nitrogens is 1. The third kappa shape index (κ3) is 4.30. The molecule has 0 atom stereocenters. The second-order valence-corrected chi connectivity index (χ2v) is 7.53. The van der Waals surface area contributed by atoms with Gasteiger partial charge in [0, 0.05) is 12.5 Å². The molecular formula is C24H27NO2. The molecule has 3 nitrogen and oxygen atoms in total. The number of aryl methyl sites for hydroxylation is 1. The van der Waals surface area contributed by atoms with Gasteiger partial charge in [0.05, 0.1) is 16.8 Å². The molecule has 0 aliphatic heterocycles. The van der Waals surface area contributed by atoms with Crippen LogP contribution in [0.2, 0.25) is 0 Å². The van der Waals surface area contributed by atoms with Gasteiger partial charge in [-0.1, -0.05) is 49.2 Å². The first-order valence-corrected chi connectivity index (χ1v) is 9.88. The van der Waals surface area contributed by atoms with Gasteiger partial charge in [-0.3, -0.25) is 0 Å². The van der Waals surface area contributed by atoms with Crippen LogP contribution in [0.4, 0.5) is 0 Å². The van der Waals surface area contributed by atoms with Crippen molar-refractivity contribution < 1.29 is 9.47 Å². The monoisotopic (exact) mass is 361 g/mol. The summed E-state index contributed by atoms with van der Waals surface area (Å²) in [5.74, 6) is 0.903. The van der Waals surface area contributed by atoms with E-state index in [1.165, 1.54) is 31.2 Å². The van der Waals surface area contributed by atoms with Crippen molar-refractivity contribution in [2.75, 3.05) is 7.11 Å². The Kier molecular flexibility index (Phi) is 5.40. The van der Waals surface area contributed by atoms with Crippen LogP contribution in [0.25, 0.3) is 10.9 Å². The van der Waals surface area contributed by atoms with E-state index in [-0.39, 0.29) is 5.60 Å². The number of ether oxygens (including phenoxy) is 2. The molecule has 1 heterocycles. The summed E-state index contributed by atoms with van der Waals surface area (Å²) in [6.45, 7) is 0.482. The molecule has 0 saturated heterocycles. The Balaban J connectivity index is 1.38. The first kappa shape index (κ1) is 18.0. The van der Waals surface area contributed by atoms with E-state index in [0.29, 0.717) is 6.61 Å². The fraction of sp³-hybridized carbons (Fsp3) is 0.375. The van der Waals surface area contributed by atoms with E-state index in [4.69, 9.17) is 9.47 Å². The molecule has 1 aromatic heterocycles. The molecule has 0 N–H and O–H groups in total. The normalized spacial score (nSPS) is 15.9. The van der Waals surface area contributed by atoms with Crippen molar-refractivity contribution in [3.63, 3.8) is 0 Å². The zero-order valence-electron chi connectivity index (χ0n) is 16.0. The average molecular weight is 361 g/mol. The molecule has 1 aliphatic rings. The largest absolute Gasteiger partial charge is 0.487 e. The maximum Gasteiger partial charge on any atom is 0.130 e. The smallest absolute Gasteiger partial charge is 0.130 e. The fourth-order valence-corrected chi connectivity index (χ4v) is 4.08. The highest BCUT2D eigenvalue weighted by molar-refractivity contribution is 5.78. The highest BCUT2D eigenvalue weighted by Gasteiger charge is 2.33. The number of para-hydroxylation sites is 1. The number of hydrogen-bond donors (Lipinski definition) is 0. The van der Waals surface area contributed by atoms with Gasteiger partial charge >= 0.3 is 0 Å². The maximum absolute atomic E-state index is 6.01. The third-order valence-electron chi connectivity index (χ3n) is 5.76. The standard InChI is InChI=1S/C24H27NO2/c1-26-24(14-4-5-15-24)16-13-19-7-6-9-22(17-19)27-18-21-12-11-20-8-2-3-10-23(20)25-21/h2-3,6-12,17H,4-5,13-16,18H2,1H3. The Morgan fingerprint density at radius 2 is 1.81 bits per heavy atom. The van der Waals surface area contributed by atoms with Gasteiger partial charge in [-0.2, -0.15) is 0 Å². The molecule has 0 amide bonds. The summed E-state index contributed by atoms with van der Waals surface area (Å²) in [6, 6.07) is 20.7. The summed E-state index contributed by atoms with van der Waals surface area (Å²) < 4.78 is 11.9. The minimum Gasteiger partial charge on any atom is -0.487 e. The molecule has 2 aromatic carbocycles. The Morgan fingerprint density at radius 3 is 2.67 bits per heavy atom. The van der Waals surface area contributed by atoms with Crippen LogP contribution in [0.3, 0.4) is 0 Å². The van der Waals surface area contributed by atoms with Crippen LogP contribution in [-0.4, -0.2) is 17.7 Å². The lowest BCUT2D eigenvalue weighted by molar-refractivity contribution is -0.0109. The summed E-state index contributed by atoms with van der Waals surface area (Å²) in [6.07, 6.45) is 7.06. The summed E-state index contributed by atoms with van der Waals surface area (Å²) in [5, 5.41) is 1.15. The van der Waals surface area contributed by atoms with Crippen molar-refractivity contribution in [2.45, 2.75) is 50.7 Å². The predicted molar refractivity (Wildman–Crippen MR) is 109 cm³/mol.